The molecule has 1 aromatic heterocycles. The van der Waals surface area contributed by atoms with E-state index in [-0.39, 0.29) is 17.6 Å². The molecule has 3 unspecified atom stereocenters. The molecule has 23 heavy (non-hydrogen) atoms. The standard InChI is InChI=1S/C16H25N3O4/c1-10-7-14(21)19(17-9-10)13-8-11(20)5-6-12(13)18-15(22)23-16(2,3)4/h7,9,11-13,20H,5-6,8H2,1-4H3,(H,18,22). The van der Waals surface area contributed by atoms with Crippen LogP contribution < -0.4 is 10.9 Å². The summed E-state index contributed by atoms with van der Waals surface area (Å²) in [6, 6.07) is 0.805. The van der Waals surface area contributed by atoms with E-state index in [1.165, 1.54) is 10.7 Å². The van der Waals surface area contributed by atoms with Gasteiger partial charge in [-0.1, -0.05) is 0 Å². The van der Waals surface area contributed by atoms with Crippen molar-refractivity contribution in [1.82, 2.24) is 15.1 Å². The third-order valence-corrected chi connectivity index (χ3v) is 3.77. The van der Waals surface area contributed by atoms with E-state index in [1.54, 1.807) is 33.9 Å². The Morgan fingerprint density at radius 1 is 1.43 bits per heavy atom. The van der Waals surface area contributed by atoms with Crippen molar-refractivity contribution in [1.29, 1.82) is 0 Å². The lowest BCUT2D eigenvalue weighted by atomic mass is 9.88. The fraction of sp³-hybridized carbons (Fsp3) is 0.688. The Balaban J connectivity index is 2.19. The van der Waals surface area contributed by atoms with Gasteiger partial charge >= 0.3 is 6.09 Å². The van der Waals surface area contributed by atoms with Gasteiger partial charge in [0.05, 0.1) is 24.4 Å². The highest BCUT2D eigenvalue weighted by Gasteiger charge is 2.34. The first-order valence-corrected chi connectivity index (χ1v) is 7.89. The molecule has 1 aliphatic carbocycles. The first-order chi connectivity index (χ1) is 10.7. The zero-order chi connectivity index (χ0) is 17.2. The number of hydrogen-bond acceptors (Lipinski definition) is 5. The number of ether oxygens (including phenoxy) is 1. The number of aliphatic hydroxyl groups is 1. The molecule has 0 spiro atoms. The van der Waals surface area contributed by atoms with Crippen LogP contribution >= 0.6 is 0 Å². The molecule has 7 nitrogen and oxygen atoms in total. The second-order valence-electron chi connectivity index (χ2n) is 7.10. The molecule has 0 saturated heterocycles. The van der Waals surface area contributed by atoms with Gasteiger partial charge in [-0.2, -0.15) is 5.10 Å². The van der Waals surface area contributed by atoms with E-state index >= 15 is 0 Å². The Hall–Kier alpha value is -1.89. The molecule has 0 aliphatic heterocycles. The number of rotatable bonds is 2. The minimum absolute atomic E-state index is 0.236. The van der Waals surface area contributed by atoms with Crippen molar-refractivity contribution >= 4 is 6.09 Å². The van der Waals surface area contributed by atoms with Gasteiger partial charge in [0.2, 0.25) is 0 Å². The molecular formula is C16H25N3O4. The zero-order valence-corrected chi connectivity index (χ0v) is 14.1. The molecule has 1 heterocycles. The highest BCUT2D eigenvalue weighted by molar-refractivity contribution is 5.68. The van der Waals surface area contributed by atoms with Crippen molar-refractivity contribution < 1.29 is 14.6 Å². The van der Waals surface area contributed by atoms with Gasteiger partial charge in [-0.25, -0.2) is 9.48 Å². The number of aromatic nitrogens is 2. The predicted molar refractivity (Wildman–Crippen MR) is 85.3 cm³/mol. The zero-order valence-electron chi connectivity index (χ0n) is 14.1. The minimum atomic E-state index is -0.591. The number of aliphatic hydroxyl groups excluding tert-OH is 1. The van der Waals surface area contributed by atoms with E-state index < -0.39 is 17.8 Å². The molecule has 1 saturated carbocycles. The minimum Gasteiger partial charge on any atom is -0.444 e. The summed E-state index contributed by atoms with van der Waals surface area (Å²) < 4.78 is 6.63. The maximum atomic E-state index is 12.2. The maximum Gasteiger partial charge on any atom is 0.407 e. The van der Waals surface area contributed by atoms with Gasteiger partial charge in [-0.05, 0) is 52.5 Å². The van der Waals surface area contributed by atoms with Gasteiger partial charge in [-0.3, -0.25) is 4.79 Å². The number of amides is 1. The quantitative estimate of drug-likeness (QED) is 0.861. The summed E-state index contributed by atoms with van der Waals surface area (Å²) in [6.45, 7) is 7.17. The van der Waals surface area contributed by atoms with Crippen molar-refractivity contribution in [3.8, 4) is 0 Å². The van der Waals surface area contributed by atoms with Crippen molar-refractivity contribution in [2.24, 2.45) is 0 Å². The Labute approximate surface area is 135 Å². The van der Waals surface area contributed by atoms with Crippen LogP contribution in [0.15, 0.2) is 17.1 Å². The highest BCUT2D eigenvalue weighted by atomic mass is 16.6. The average Bonchev–Trinajstić information content (AvgIpc) is 2.39. The summed E-state index contributed by atoms with van der Waals surface area (Å²) in [4.78, 5) is 24.2. The summed E-state index contributed by atoms with van der Waals surface area (Å²) in [5.74, 6) is 0. The third-order valence-electron chi connectivity index (χ3n) is 3.77. The molecule has 1 fully saturated rings. The second-order valence-corrected chi connectivity index (χ2v) is 7.10. The van der Waals surface area contributed by atoms with Crippen LogP contribution in [0.5, 0.6) is 0 Å². The molecule has 1 aliphatic rings. The smallest absolute Gasteiger partial charge is 0.407 e. The Morgan fingerprint density at radius 3 is 2.74 bits per heavy atom. The first-order valence-electron chi connectivity index (χ1n) is 7.89. The summed E-state index contributed by atoms with van der Waals surface area (Å²) in [6.07, 6.45) is 2.07. The third kappa shape index (κ3) is 4.79. The predicted octanol–water partition coefficient (Wildman–Crippen LogP) is 1.53. The Morgan fingerprint density at radius 2 is 2.13 bits per heavy atom. The fourth-order valence-corrected chi connectivity index (χ4v) is 2.78. The lowest BCUT2D eigenvalue weighted by molar-refractivity contribution is 0.0382. The van der Waals surface area contributed by atoms with Gasteiger partial charge in [0.25, 0.3) is 5.56 Å². The van der Waals surface area contributed by atoms with Gasteiger partial charge in [-0.15, -0.1) is 0 Å². The summed E-state index contributed by atoms with van der Waals surface area (Å²) >= 11 is 0. The van der Waals surface area contributed by atoms with E-state index in [0.29, 0.717) is 19.3 Å². The van der Waals surface area contributed by atoms with E-state index in [0.717, 1.165) is 5.56 Å². The molecule has 128 valence electrons. The Bertz CT molecular complexity index is 620. The molecule has 2 N–H and O–H groups in total. The van der Waals surface area contributed by atoms with Crippen molar-refractivity contribution in [3.63, 3.8) is 0 Å². The normalized spacial score (nSPS) is 25.0. The topological polar surface area (TPSA) is 93.5 Å². The van der Waals surface area contributed by atoms with Gasteiger partial charge in [0, 0.05) is 6.07 Å². The monoisotopic (exact) mass is 323 g/mol. The molecule has 7 heteroatoms. The number of carbonyl (C=O) groups excluding carboxylic acids is 1. The summed E-state index contributed by atoms with van der Waals surface area (Å²) in [5, 5.41) is 16.9. The maximum absolute atomic E-state index is 12.2. The number of hydrogen-bond donors (Lipinski definition) is 2. The van der Waals surface area contributed by atoms with Crippen LogP contribution in [-0.2, 0) is 4.74 Å². The van der Waals surface area contributed by atoms with E-state index in [2.05, 4.69) is 10.4 Å². The number of nitrogens with one attached hydrogen (secondary N) is 1. The Kier molecular flexibility index (Phi) is 5.09. The fourth-order valence-electron chi connectivity index (χ4n) is 2.78. The van der Waals surface area contributed by atoms with Crippen LogP contribution in [0.3, 0.4) is 0 Å². The van der Waals surface area contributed by atoms with Gasteiger partial charge in [0.15, 0.2) is 0 Å². The lowest BCUT2D eigenvalue weighted by Crippen LogP contribution is -2.49. The largest absolute Gasteiger partial charge is 0.444 e. The molecular weight excluding hydrogens is 298 g/mol. The molecule has 1 amide bonds. The first kappa shape index (κ1) is 17.5. The molecule has 3 atom stereocenters. The van der Waals surface area contributed by atoms with Crippen molar-refractivity contribution in [2.45, 2.75) is 70.7 Å². The molecule has 0 aromatic carbocycles. The number of aryl methyl sites for hydroxylation is 1. The summed E-state index contributed by atoms with van der Waals surface area (Å²) in [5.41, 5.74) is -0.0495. The SMILES string of the molecule is Cc1cnn(C2CC(O)CCC2NC(=O)OC(C)(C)C)c(=O)c1. The van der Waals surface area contributed by atoms with Crippen LogP contribution in [0.25, 0.3) is 0 Å². The van der Waals surface area contributed by atoms with E-state index in [9.17, 15) is 14.7 Å². The van der Waals surface area contributed by atoms with Crippen LogP contribution in [-0.4, -0.2) is 38.7 Å². The van der Waals surface area contributed by atoms with Gasteiger partial charge in [0.1, 0.15) is 5.60 Å². The lowest BCUT2D eigenvalue weighted by Gasteiger charge is -2.35. The van der Waals surface area contributed by atoms with Gasteiger partial charge < -0.3 is 15.2 Å². The van der Waals surface area contributed by atoms with E-state index in [4.69, 9.17) is 4.74 Å². The van der Waals surface area contributed by atoms with Crippen molar-refractivity contribution in [3.05, 3.63) is 28.2 Å². The molecule has 0 radical (unpaired) electrons. The molecule has 0 bridgehead atoms. The number of nitrogens with zero attached hydrogens (tertiary/aromatic N) is 2. The molecule has 1 aromatic rings. The molecule has 2 rings (SSSR count). The van der Waals surface area contributed by atoms with Crippen LogP contribution in [0.1, 0.15) is 51.6 Å². The van der Waals surface area contributed by atoms with Crippen LogP contribution in [0.2, 0.25) is 0 Å². The average molecular weight is 323 g/mol. The van der Waals surface area contributed by atoms with Crippen LogP contribution in [0.4, 0.5) is 4.79 Å². The number of carbonyl (C=O) groups is 1. The number of alkyl carbamates (subject to hydrolysis) is 1. The summed E-state index contributed by atoms with van der Waals surface area (Å²) in [7, 11) is 0. The van der Waals surface area contributed by atoms with Crippen LogP contribution in [0, 0.1) is 6.92 Å². The highest BCUT2D eigenvalue weighted by Crippen LogP contribution is 2.28. The van der Waals surface area contributed by atoms with Crippen molar-refractivity contribution in [2.75, 3.05) is 0 Å². The van der Waals surface area contributed by atoms with E-state index in [1.807, 2.05) is 0 Å². The second kappa shape index (κ2) is 6.70.